The molecule has 158 valence electrons. The van der Waals surface area contributed by atoms with Crippen molar-refractivity contribution >= 4 is 33.1 Å². The lowest BCUT2D eigenvalue weighted by atomic mass is 10.1. The monoisotopic (exact) mass is 433 g/mol. The first-order chi connectivity index (χ1) is 14.8. The van der Waals surface area contributed by atoms with Crippen molar-refractivity contribution in [3.8, 4) is 5.69 Å². The largest absolute Gasteiger partial charge is 0.336 e. The van der Waals surface area contributed by atoms with E-state index < -0.39 is 5.69 Å². The van der Waals surface area contributed by atoms with Crippen molar-refractivity contribution in [3.63, 3.8) is 0 Å². The molecule has 0 unspecified atom stereocenters. The quantitative estimate of drug-likeness (QED) is 0.492. The molecule has 0 N–H and O–H groups in total. The number of thiophene rings is 1. The SMILES string of the molecule is Cc1cccc(N(C)C(=O)Cn2c(=O)n(-c3ccc(C)cc3C)c(=O)c3sccc32)c1. The van der Waals surface area contributed by atoms with Crippen LogP contribution in [0.1, 0.15) is 16.7 Å². The number of rotatable bonds is 4. The van der Waals surface area contributed by atoms with E-state index in [1.165, 1.54) is 25.4 Å². The number of aromatic nitrogens is 2. The fourth-order valence-electron chi connectivity index (χ4n) is 3.73. The number of nitrogens with zero attached hydrogens (tertiary/aromatic N) is 3. The zero-order valence-electron chi connectivity index (χ0n) is 17.9. The lowest BCUT2D eigenvalue weighted by Crippen LogP contribution is -2.42. The Morgan fingerprint density at radius 3 is 2.45 bits per heavy atom. The first kappa shape index (κ1) is 20.8. The summed E-state index contributed by atoms with van der Waals surface area (Å²) in [5.41, 5.74) is 3.79. The van der Waals surface area contributed by atoms with Crippen molar-refractivity contribution in [2.45, 2.75) is 27.3 Å². The molecule has 0 atom stereocenters. The third kappa shape index (κ3) is 3.72. The fraction of sp³-hybridized carbons (Fsp3) is 0.208. The summed E-state index contributed by atoms with van der Waals surface area (Å²) in [7, 11) is 1.69. The van der Waals surface area contributed by atoms with E-state index >= 15 is 0 Å². The fourth-order valence-corrected chi connectivity index (χ4v) is 4.55. The Hall–Kier alpha value is -3.45. The molecule has 0 bridgehead atoms. The van der Waals surface area contributed by atoms with Gasteiger partial charge in [-0.2, -0.15) is 0 Å². The highest BCUT2D eigenvalue weighted by Gasteiger charge is 2.20. The average molecular weight is 434 g/mol. The summed E-state index contributed by atoms with van der Waals surface area (Å²) >= 11 is 1.27. The Morgan fingerprint density at radius 2 is 1.74 bits per heavy atom. The molecule has 31 heavy (non-hydrogen) atoms. The number of hydrogen-bond donors (Lipinski definition) is 0. The van der Waals surface area contributed by atoms with Gasteiger partial charge in [0.1, 0.15) is 11.2 Å². The zero-order valence-corrected chi connectivity index (χ0v) is 18.7. The van der Waals surface area contributed by atoms with Crippen LogP contribution in [-0.2, 0) is 11.3 Å². The number of fused-ring (bicyclic) bond motifs is 1. The molecule has 2 aromatic heterocycles. The molecule has 0 spiro atoms. The van der Waals surface area contributed by atoms with Crippen LogP contribution in [0, 0.1) is 20.8 Å². The minimum atomic E-state index is -0.520. The number of hydrogen-bond acceptors (Lipinski definition) is 4. The predicted octanol–water partition coefficient (Wildman–Crippen LogP) is 3.80. The number of anilines is 1. The van der Waals surface area contributed by atoms with Crippen LogP contribution in [0.4, 0.5) is 5.69 Å². The van der Waals surface area contributed by atoms with Gasteiger partial charge in [0.15, 0.2) is 0 Å². The van der Waals surface area contributed by atoms with Gasteiger partial charge in [-0.05, 0) is 61.5 Å². The van der Waals surface area contributed by atoms with Gasteiger partial charge in [0.25, 0.3) is 5.56 Å². The molecular weight excluding hydrogens is 410 g/mol. The van der Waals surface area contributed by atoms with Gasteiger partial charge in [-0.1, -0.05) is 29.8 Å². The third-order valence-corrected chi connectivity index (χ3v) is 6.30. The summed E-state index contributed by atoms with van der Waals surface area (Å²) in [5.74, 6) is -0.244. The van der Waals surface area contributed by atoms with Crippen LogP contribution < -0.4 is 16.1 Å². The molecule has 0 aliphatic rings. The number of carbonyl (C=O) groups excluding carboxylic acids is 1. The Bertz CT molecular complexity index is 1430. The minimum Gasteiger partial charge on any atom is -0.314 e. The van der Waals surface area contributed by atoms with E-state index in [1.54, 1.807) is 24.6 Å². The van der Waals surface area contributed by atoms with E-state index in [9.17, 15) is 14.4 Å². The topological polar surface area (TPSA) is 64.3 Å². The lowest BCUT2D eigenvalue weighted by Gasteiger charge is -2.19. The predicted molar refractivity (Wildman–Crippen MR) is 126 cm³/mol. The zero-order chi connectivity index (χ0) is 22.3. The van der Waals surface area contributed by atoms with Crippen molar-refractivity contribution in [2.75, 3.05) is 11.9 Å². The lowest BCUT2D eigenvalue weighted by molar-refractivity contribution is -0.118. The highest BCUT2D eigenvalue weighted by Crippen LogP contribution is 2.19. The maximum atomic E-state index is 13.4. The van der Waals surface area contributed by atoms with Crippen LogP contribution in [0.3, 0.4) is 0 Å². The standard InChI is InChI=1S/C24H23N3O3S/c1-15-6-5-7-18(13-15)25(4)21(28)14-26-20-10-11-31-22(20)23(29)27(24(26)30)19-9-8-16(2)12-17(19)3/h5-13H,14H2,1-4H3. The van der Waals surface area contributed by atoms with Crippen molar-refractivity contribution in [1.29, 1.82) is 0 Å². The van der Waals surface area contributed by atoms with Crippen LogP contribution in [0.5, 0.6) is 0 Å². The molecule has 4 aromatic rings. The van der Waals surface area contributed by atoms with E-state index in [0.29, 0.717) is 15.9 Å². The number of benzene rings is 2. The molecule has 0 fully saturated rings. The summed E-state index contributed by atoms with van der Waals surface area (Å²) in [6, 6.07) is 14.9. The second-order valence-electron chi connectivity index (χ2n) is 7.73. The van der Waals surface area contributed by atoms with E-state index in [-0.39, 0.29) is 18.0 Å². The van der Waals surface area contributed by atoms with Crippen LogP contribution in [-0.4, -0.2) is 22.1 Å². The normalized spacial score (nSPS) is 11.1. The molecule has 0 radical (unpaired) electrons. The second-order valence-corrected chi connectivity index (χ2v) is 8.64. The summed E-state index contributed by atoms with van der Waals surface area (Å²) < 4.78 is 3.01. The van der Waals surface area contributed by atoms with E-state index in [4.69, 9.17) is 0 Å². The number of amides is 1. The molecule has 7 heteroatoms. The van der Waals surface area contributed by atoms with Gasteiger partial charge in [0, 0.05) is 12.7 Å². The Balaban J connectivity index is 1.85. The first-order valence-corrected chi connectivity index (χ1v) is 10.8. The summed E-state index contributed by atoms with van der Waals surface area (Å²) in [5, 5.41) is 1.77. The Kier molecular flexibility index (Phi) is 5.37. The van der Waals surface area contributed by atoms with Gasteiger partial charge in [-0.15, -0.1) is 11.3 Å². The first-order valence-electron chi connectivity index (χ1n) is 9.92. The van der Waals surface area contributed by atoms with E-state index in [2.05, 4.69) is 0 Å². The number of aryl methyl sites for hydroxylation is 3. The van der Waals surface area contributed by atoms with Crippen molar-refractivity contribution in [3.05, 3.63) is 91.4 Å². The Labute approximate surface area is 183 Å². The van der Waals surface area contributed by atoms with Crippen LogP contribution >= 0.6 is 11.3 Å². The molecule has 4 rings (SSSR count). The molecule has 0 saturated carbocycles. The molecule has 6 nitrogen and oxygen atoms in total. The van der Waals surface area contributed by atoms with Crippen molar-refractivity contribution in [2.24, 2.45) is 0 Å². The van der Waals surface area contributed by atoms with Gasteiger partial charge >= 0.3 is 5.69 Å². The molecule has 2 aromatic carbocycles. The molecule has 0 aliphatic heterocycles. The summed E-state index contributed by atoms with van der Waals surface area (Å²) in [6.45, 7) is 5.62. The molecule has 0 aliphatic carbocycles. The molecule has 1 amide bonds. The Morgan fingerprint density at radius 1 is 1.00 bits per heavy atom. The van der Waals surface area contributed by atoms with Gasteiger partial charge in [-0.25, -0.2) is 9.36 Å². The second kappa shape index (κ2) is 8.00. The molecule has 2 heterocycles. The molecular formula is C24H23N3O3S. The number of carbonyl (C=O) groups is 1. The highest BCUT2D eigenvalue weighted by atomic mass is 32.1. The third-order valence-electron chi connectivity index (χ3n) is 5.40. The smallest absolute Gasteiger partial charge is 0.314 e. The molecule has 0 saturated heterocycles. The van der Waals surface area contributed by atoms with E-state index in [0.717, 1.165) is 22.4 Å². The van der Waals surface area contributed by atoms with Crippen molar-refractivity contribution < 1.29 is 4.79 Å². The summed E-state index contributed by atoms with van der Waals surface area (Å²) in [4.78, 5) is 41.2. The minimum absolute atomic E-state index is 0.165. The summed E-state index contributed by atoms with van der Waals surface area (Å²) in [6.07, 6.45) is 0. The van der Waals surface area contributed by atoms with Crippen LogP contribution in [0.2, 0.25) is 0 Å². The highest BCUT2D eigenvalue weighted by molar-refractivity contribution is 7.17. The average Bonchev–Trinajstić information content (AvgIpc) is 3.22. The maximum Gasteiger partial charge on any atom is 0.336 e. The maximum absolute atomic E-state index is 13.4. The van der Waals surface area contributed by atoms with Crippen molar-refractivity contribution in [1.82, 2.24) is 9.13 Å². The van der Waals surface area contributed by atoms with Crippen LogP contribution in [0.15, 0.2) is 63.5 Å². The van der Waals surface area contributed by atoms with Gasteiger partial charge in [0.2, 0.25) is 5.91 Å². The van der Waals surface area contributed by atoms with Gasteiger partial charge < -0.3 is 4.90 Å². The van der Waals surface area contributed by atoms with E-state index in [1.807, 2.05) is 57.2 Å². The van der Waals surface area contributed by atoms with Gasteiger partial charge in [0.05, 0.1) is 11.2 Å². The number of likely N-dealkylation sites (N-methyl/N-ethyl adjacent to an activating group) is 1. The van der Waals surface area contributed by atoms with Crippen LogP contribution in [0.25, 0.3) is 15.9 Å². The van der Waals surface area contributed by atoms with Gasteiger partial charge in [-0.3, -0.25) is 14.2 Å².